The summed E-state index contributed by atoms with van der Waals surface area (Å²) in [5.41, 5.74) is 2.58. The quantitative estimate of drug-likeness (QED) is 0.106. The molecule has 0 bridgehead atoms. The number of benzene rings is 1. The number of esters is 1. The van der Waals surface area contributed by atoms with Gasteiger partial charge in [-0.2, -0.15) is 8.42 Å². The van der Waals surface area contributed by atoms with Gasteiger partial charge in [-0.05, 0) is 98.4 Å². The summed E-state index contributed by atoms with van der Waals surface area (Å²) in [5, 5.41) is 0.719. The van der Waals surface area contributed by atoms with Crippen LogP contribution in [0.25, 0.3) is 34.1 Å². The molecule has 0 unspecified atom stereocenters. The van der Waals surface area contributed by atoms with Crippen molar-refractivity contribution in [2.75, 3.05) is 30.3 Å². The normalized spacial score (nSPS) is 14.6. The number of hydrogen-bond acceptors (Lipinski definition) is 10. The van der Waals surface area contributed by atoms with Gasteiger partial charge in [0.15, 0.2) is 0 Å². The first kappa shape index (κ1) is 38.6. The zero-order valence-corrected chi connectivity index (χ0v) is 31.1. The predicted octanol–water partition coefficient (Wildman–Crippen LogP) is 6.80. The van der Waals surface area contributed by atoms with Crippen molar-refractivity contribution in [3.63, 3.8) is 0 Å². The molecule has 2 aromatic heterocycles. The van der Waals surface area contributed by atoms with Crippen molar-refractivity contribution in [2.24, 2.45) is 0 Å². The van der Waals surface area contributed by atoms with Crippen LogP contribution < -0.4 is 10.5 Å². The van der Waals surface area contributed by atoms with Crippen molar-refractivity contribution < 1.29 is 36.1 Å². The number of aromatic nitrogens is 1. The van der Waals surface area contributed by atoms with Crippen molar-refractivity contribution in [1.29, 1.82) is 0 Å². The molecule has 0 saturated carbocycles. The maximum atomic E-state index is 13.4. The van der Waals surface area contributed by atoms with Crippen molar-refractivity contribution in [3.05, 3.63) is 57.8 Å². The van der Waals surface area contributed by atoms with Crippen molar-refractivity contribution in [2.45, 2.75) is 98.6 Å². The van der Waals surface area contributed by atoms with Crippen LogP contribution in [0.1, 0.15) is 97.6 Å². The molecule has 0 saturated heterocycles. The number of aryl methyl sites for hydroxylation is 1. The summed E-state index contributed by atoms with van der Waals surface area (Å²) in [6.45, 7) is 16.1. The van der Waals surface area contributed by atoms with Gasteiger partial charge in [0.2, 0.25) is 11.8 Å². The predicted molar refractivity (Wildman–Crippen MR) is 194 cm³/mol. The van der Waals surface area contributed by atoms with Crippen LogP contribution >= 0.6 is 0 Å². The Balaban J connectivity index is 1.52. The Kier molecular flexibility index (Phi) is 11.8. The van der Waals surface area contributed by atoms with E-state index in [0.717, 1.165) is 22.2 Å². The molecule has 4 rings (SSSR count). The molecule has 1 aliphatic heterocycles. The van der Waals surface area contributed by atoms with Gasteiger partial charge >= 0.3 is 11.6 Å². The van der Waals surface area contributed by atoms with Gasteiger partial charge in [0.25, 0.3) is 10.1 Å². The molecular weight excluding hydrogens is 662 g/mol. The zero-order valence-electron chi connectivity index (χ0n) is 30.3. The minimum absolute atomic E-state index is 0.0696. The number of rotatable bonds is 14. The molecule has 1 amide bonds. The molecule has 13 heteroatoms. The van der Waals surface area contributed by atoms with E-state index in [1.807, 2.05) is 38.1 Å². The molecule has 0 aliphatic carbocycles. The van der Waals surface area contributed by atoms with Crippen LogP contribution in [0.4, 0.5) is 5.69 Å². The summed E-state index contributed by atoms with van der Waals surface area (Å²) in [6.07, 6.45) is 7.03. The third-order valence-electron chi connectivity index (χ3n) is 8.40. The van der Waals surface area contributed by atoms with Gasteiger partial charge in [0.1, 0.15) is 28.2 Å². The lowest BCUT2D eigenvalue weighted by atomic mass is 9.87. The Bertz CT molecular complexity index is 1960. The van der Waals surface area contributed by atoms with E-state index in [2.05, 4.69) is 29.8 Å². The Hall–Kier alpha value is -4.23. The number of fused-ring (bicyclic) bond motifs is 2. The Morgan fingerprint density at radius 2 is 1.72 bits per heavy atom. The average molecular weight is 712 g/mol. The van der Waals surface area contributed by atoms with E-state index in [0.29, 0.717) is 36.4 Å². The van der Waals surface area contributed by atoms with E-state index in [4.69, 9.17) is 13.6 Å². The van der Waals surface area contributed by atoms with Crippen LogP contribution in [-0.4, -0.2) is 71.3 Å². The molecule has 272 valence electrons. The minimum Gasteiger partial charge on any atom is -0.460 e. The van der Waals surface area contributed by atoms with Crippen LogP contribution in [0.15, 0.2) is 44.0 Å². The molecule has 0 spiro atoms. The smallest absolute Gasteiger partial charge is 0.349 e. The first-order valence-corrected chi connectivity index (χ1v) is 18.5. The molecule has 0 radical (unpaired) electrons. The van der Waals surface area contributed by atoms with E-state index >= 15 is 0 Å². The summed E-state index contributed by atoms with van der Waals surface area (Å²) >= 11 is 0. The second kappa shape index (κ2) is 15.3. The average Bonchev–Trinajstić information content (AvgIpc) is 3.34. The first-order valence-electron chi connectivity index (χ1n) is 16.9. The Labute approximate surface area is 293 Å². The van der Waals surface area contributed by atoms with Gasteiger partial charge in [0.05, 0.1) is 11.3 Å². The second-order valence-electron chi connectivity index (χ2n) is 14.3. The molecule has 0 fully saturated rings. The molecule has 50 heavy (non-hydrogen) atoms. The van der Waals surface area contributed by atoms with Gasteiger partial charge in [-0.1, -0.05) is 12.2 Å². The maximum absolute atomic E-state index is 13.4. The lowest BCUT2D eigenvalue weighted by Crippen LogP contribution is -2.46. The highest BCUT2D eigenvalue weighted by atomic mass is 32.2. The monoisotopic (exact) mass is 711 g/mol. The number of ether oxygens (including phenoxy) is 1. The summed E-state index contributed by atoms with van der Waals surface area (Å²) < 4.78 is 48.8. The fourth-order valence-corrected chi connectivity index (χ4v) is 6.73. The van der Waals surface area contributed by atoms with Gasteiger partial charge in [-0.3, -0.25) is 14.1 Å². The van der Waals surface area contributed by atoms with Crippen LogP contribution in [0, 0.1) is 6.92 Å². The SMILES string of the molecule is C/C=C\c1nc(-c2cc3cc4c(cc3oc2=O)N(CCCC(=O)N(CCCC(=O)OC(C)(C)C)CCCS(=O)(=O)O)C(C)(C)C=C4C)oc1C. The number of allylic oxidation sites excluding steroid dienone is 2. The topological polar surface area (TPSA) is 160 Å². The molecular formula is C37H49N3O9S. The van der Waals surface area contributed by atoms with Gasteiger partial charge in [0, 0.05) is 55.2 Å². The fraction of sp³-hybridized carbons (Fsp3) is 0.514. The number of carbonyl (C=O) groups excluding carboxylic acids is 2. The number of hydrogen-bond donors (Lipinski definition) is 1. The van der Waals surface area contributed by atoms with E-state index in [1.165, 1.54) is 0 Å². The van der Waals surface area contributed by atoms with Gasteiger partial charge in [-0.15, -0.1) is 0 Å². The highest BCUT2D eigenvalue weighted by molar-refractivity contribution is 7.85. The number of carbonyl (C=O) groups is 2. The molecule has 1 aromatic carbocycles. The molecule has 12 nitrogen and oxygen atoms in total. The summed E-state index contributed by atoms with van der Waals surface area (Å²) in [7, 11) is -4.18. The van der Waals surface area contributed by atoms with Crippen LogP contribution in [0.2, 0.25) is 0 Å². The third-order valence-corrected chi connectivity index (χ3v) is 9.21. The first-order chi connectivity index (χ1) is 23.3. The van der Waals surface area contributed by atoms with Gasteiger partial charge in [-0.25, -0.2) is 9.78 Å². The van der Waals surface area contributed by atoms with Crippen molar-refractivity contribution >= 4 is 50.3 Å². The summed E-state index contributed by atoms with van der Waals surface area (Å²) in [4.78, 5) is 47.0. The second-order valence-corrected chi connectivity index (χ2v) is 15.8. The van der Waals surface area contributed by atoms with Crippen LogP contribution in [-0.2, 0) is 24.4 Å². The van der Waals surface area contributed by atoms with Crippen molar-refractivity contribution in [1.82, 2.24) is 9.88 Å². The minimum atomic E-state index is -4.18. The third kappa shape index (κ3) is 9.94. The Morgan fingerprint density at radius 1 is 1.04 bits per heavy atom. The standard InChI is InChI=1S/C37H49N3O9S/c1-9-13-29-25(3)47-34(38-29)28-21-26-20-27-24(2)23-37(7,8)40(30(27)22-31(26)48-35(28)43)18-10-14-32(41)39(17-12-19-50(44,45)46)16-11-15-33(42)49-36(4,5)6/h9,13,20-23H,10-12,14-19H2,1-8H3,(H,44,45,46)/b13-9-. The zero-order chi connectivity index (χ0) is 37.0. The molecule has 3 heterocycles. The highest BCUT2D eigenvalue weighted by Crippen LogP contribution is 2.41. The maximum Gasteiger partial charge on any atom is 0.349 e. The Morgan fingerprint density at radius 3 is 2.38 bits per heavy atom. The van der Waals surface area contributed by atoms with Crippen LogP contribution in [0.5, 0.6) is 0 Å². The van der Waals surface area contributed by atoms with E-state index in [-0.39, 0.29) is 55.7 Å². The van der Waals surface area contributed by atoms with Gasteiger partial charge < -0.3 is 23.4 Å². The lowest BCUT2D eigenvalue weighted by Gasteiger charge is -2.43. The fourth-order valence-electron chi connectivity index (χ4n) is 6.24. The summed E-state index contributed by atoms with van der Waals surface area (Å²) in [5.74, 6) is -0.222. The highest BCUT2D eigenvalue weighted by Gasteiger charge is 2.32. The molecule has 0 atom stereocenters. The number of oxazole rings is 1. The lowest BCUT2D eigenvalue weighted by molar-refractivity contribution is -0.155. The van der Waals surface area contributed by atoms with E-state index in [1.54, 1.807) is 38.7 Å². The number of amides is 1. The molecule has 1 N–H and O–H groups in total. The molecule has 1 aliphatic rings. The largest absolute Gasteiger partial charge is 0.460 e. The van der Waals surface area contributed by atoms with Crippen LogP contribution in [0.3, 0.4) is 0 Å². The number of nitrogens with zero attached hydrogens (tertiary/aromatic N) is 3. The summed E-state index contributed by atoms with van der Waals surface area (Å²) in [6, 6.07) is 5.59. The van der Waals surface area contributed by atoms with E-state index < -0.39 is 32.6 Å². The van der Waals surface area contributed by atoms with Crippen molar-refractivity contribution in [3.8, 4) is 11.5 Å². The number of anilines is 1. The van der Waals surface area contributed by atoms with E-state index in [9.17, 15) is 27.4 Å². The molecule has 3 aromatic rings.